The summed E-state index contributed by atoms with van der Waals surface area (Å²) in [6.45, 7) is 0.355. The average Bonchev–Trinajstić information content (AvgIpc) is 2.36. The molecule has 0 aliphatic heterocycles. The standard InChI is InChI=1S/C11H14ClNO5S2/c1-11(16,10(14)15)6-13-20(17,18)7-3-4-9(19-2)8(12)5-7/h3-5,13,16H,6H2,1-2H3,(H,14,15). The lowest BCUT2D eigenvalue weighted by molar-refractivity contribution is -0.155. The molecule has 112 valence electrons. The topological polar surface area (TPSA) is 104 Å². The maximum Gasteiger partial charge on any atom is 0.336 e. The van der Waals surface area contributed by atoms with Crippen LogP contribution < -0.4 is 4.72 Å². The first-order chi connectivity index (χ1) is 9.10. The molecule has 0 saturated heterocycles. The SMILES string of the molecule is CSc1ccc(S(=O)(=O)NCC(C)(O)C(=O)O)cc1Cl. The van der Waals surface area contributed by atoms with Gasteiger partial charge in [-0.25, -0.2) is 17.9 Å². The van der Waals surface area contributed by atoms with Gasteiger partial charge >= 0.3 is 5.97 Å². The van der Waals surface area contributed by atoms with Gasteiger partial charge in [0.05, 0.1) is 16.5 Å². The Labute approximate surface area is 126 Å². The third kappa shape index (κ3) is 4.10. The summed E-state index contributed by atoms with van der Waals surface area (Å²) in [5, 5.41) is 18.5. The van der Waals surface area contributed by atoms with Crippen LogP contribution in [0.5, 0.6) is 0 Å². The maximum absolute atomic E-state index is 12.0. The summed E-state index contributed by atoms with van der Waals surface area (Å²) >= 11 is 7.29. The molecule has 9 heteroatoms. The Balaban J connectivity index is 2.95. The van der Waals surface area contributed by atoms with E-state index in [2.05, 4.69) is 0 Å². The smallest absolute Gasteiger partial charge is 0.336 e. The fourth-order valence-electron chi connectivity index (χ4n) is 1.21. The number of sulfonamides is 1. The fourth-order valence-corrected chi connectivity index (χ4v) is 3.30. The van der Waals surface area contributed by atoms with E-state index < -0.39 is 28.1 Å². The number of aliphatic carboxylic acids is 1. The van der Waals surface area contributed by atoms with Crippen LogP contribution in [0.2, 0.25) is 5.02 Å². The summed E-state index contributed by atoms with van der Waals surface area (Å²) in [5.41, 5.74) is -2.18. The fraction of sp³-hybridized carbons (Fsp3) is 0.364. The molecule has 0 radical (unpaired) electrons. The third-order valence-corrected chi connectivity index (χ3v) is 5.12. The van der Waals surface area contributed by atoms with Crippen molar-refractivity contribution in [2.45, 2.75) is 22.3 Å². The summed E-state index contributed by atoms with van der Waals surface area (Å²) in [5.74, 6) is -1.52. The van der Waals surface area contributed by atoms with Gasteiger partial charge in [0.25, 0.3) is 0 Å². The van der Waals surface area contributed by atoms with E-state index in [1.165, 1.54) is 23.9 Å². The molecule has 0 bridgehead atoms. The number of benzene rings is 1. The van der Waals surface area contributed by atoms with E-state index in [-0.39, 0.29) is 9.92 Å². The zero-order chi connectivity index (χ0) is 15.6. The van der Waals surface area contributed by atoms with E-state index in [9.17, 15) is 18.3 Å². The summed E-state index contributed by atoms with van der Waals surface area (Å²) in [4.78, 5) is 11.3. The van der Waals surface area contributed by atoms with Crippen molar-refractivity contribution in [3.8, 4) is 0 Å². The van der Waals surface area contributed by atoms with E-state index >= 15 is 0 Å². The first kappa shape index (κ1) is 17.3. The Morgan fingerprint density at radius 3 is 2.55 bits per heavy atom. The number of aliphatic hydroxyl groups is 1. The molecule has 6 nitrogen and oxygen atoms in total. The van der Waals surface area contributed by atoms with Gasteiger partial charge in [0, 0.05) is 4.90 Å². The van der Waals surface area contributed by atoms with Crippen LogP contribution in [0, 0.1) is 0 Å². The predicted molar refractivity (Wildman–Crippen MR) is 76.7 cm³/mol. The molecule has 0 fully saturated rings. The minimum atomic E-state index is -3.94. The lowest BCUT2D eigenvalue weighted by atomic mass is 10.1. The molecule has 1 aromatic rings. The van der Waals surface area contributed by atoms with E-state index in [0.29, 0.717) is 0 Å². The molecule has 0 aliphatic carbocycles. The van der Waals surface area contributed by atoms with Crippen LogP contribution in [-0.4, -0.2) is 43.0 Å². The van der Waals surface area contributed by atoms with Crippen molar-refractivity contribution in [1.82, 2.24) is 4.72 Å². The van der Waals surface area contributed by atoms with Gasteiger partial charge in [0.2, 0.25) is 10.0 Å². The van der Waals surface area contributed by atoms with Gasteiger partial charge in [0.1, 0.15) is 0 Å². The second kappa shape index (κ2) is 6.31. The molecule has 0 aliphatic rings. The molecule has 20 heavy (non-hydrogen) atoms. The first-order valence-corrected chi connectivity index (χ1v) is 8.48. The molecular weight excluding hydrogens is 326 g/mol. The minimum Gasteiger partial charge on any atom is -0.479 e. The van der Waals surface area contributed by atoms with Gasteiger partial charge in [-0.05, 0) is 31.4 Å². The quantitative estimate of drug-likeness (QED) is 0.672. The molecule has 1 unspecified atom stereocenters. The number of hydrogen-bond acceptors (Lipinski definition) is 5. The van der Waals surface area contributed by atoms with Crippen molar-refractivity contribution in [2.24, 2.45) is 0 Å². The summed E-state index contributed by atoms with van der Waals surface area (Å²) in [7, 11) is -3.94. The first-order valence-electron chi connectivity index (χ1n) is 5.39. The van der Waals surface area contributed by atoms with Crippen LogP contribution in [0.25, 0.3) is 0 Å². The maximum atomic E-state index is 12.0. The molecule has 0 saturated carbocycles. The Bertz CT molecular complexity index is 615. The number of carboxylic acids is 1. The number of halogens is 1. The summed E-state index contributed by atoms with van der Waals surface area (Å²) < 4.78 is 26.0. The second-order valence-corrected chi connectivity index (χ2v) is 7.22. The number of carbonyl (C=O) groups is 1. The highest BCUT2D eigenvalue weighted by Gasteiger charge is 2.31. The highest BCUT2D eigenvalue weighted by Crippen LogP contribution is 2.27. The number of carboxylic acid groups (broad SMARTS) is 1. The van der Waals surface area contributed by atoms with Crippen molar-refractivity contribution < 1.29 is 23.4 Å². The normalized spacial score (nSPS) is 14.8. The second-order valence-electron chi connectivity index (χ2n) is 4.20. The third-order valence-electron chi connectivity index (χ3n) is 2.50. The van der Waals surface area contributed by atoms with E-state index in [0.717, 1.165) is 11.8 Å². The van der Waals surface area contributed by atoms with E-state index in [4.69, 9.17) is 16.7 Å². The molecule has 0 amide bonds. The van der Waals surface area contributed by atoms with E-state index in [1.54, 1.807) is 12.3 Å². The number of nitrogens with one attached hydrogen (secondary N) is 1. The minimum absolute atomic E-state index is 0.0958. The molecule has 1 rings (SSSR count). The van der Waals surface area contributed by atoms with Crippen LogP contribution in [0.1, 0.15) is 6.92 Å². The molecule has 3 N–H and O–H groups in total. The van der Waals surface area contributed by atoms with Crippen molar-refractivity contribution in [1.29, 1.82) is 0 Å². The van der Waals surface area contributed by atoms with Gasteiger partial charge in [0.15, 0.2) is 5.60 Å². The largest absolute Gasteiger partial charge is 0.479 e. The number of rotatable bonds is 6. The van der Waals surface area contributed by atoms with Gasteiger partial charge < -0.3 is 10.2 Å². The van der Waals surface area contributed by atoms with Gasteiger partial charge in [-0.2, -0.15) is 0 Å². The van der Waals surface area contributed by atoms with E-state index in [1.807, 2.05) is 4.72 Å². The Morgan fingerprint density at radius 1 is 1.50 bits per heavy atom. The van der Waals surface area contributed by atoms with Crippen molar-refractivity contribution in [3.63, 3.8) is 0 Å². The molecule has 1 atom stereocenters. The van der Waals surface area contributed by atoms with Crippen LogP contribution >= 0.6 is 23.4 Å². The zero-order valence-electron chi connectivity index (χ0n) is 10.8. The zero-order valence-corrected chi connectivity index (χ0v) is 13.1. The lowest BCUT2D eigenvalue weighted by Gasteiger charge is -2.18. The van der Waals surface area contributed by atoms with Crippen LogP contribution in [-0.2, 0) is 14.8 Å². The Hall–Kier alpha value is -0.800. The Kier molecular flexibility index (Phi) is 5.45. The number of hydrogen-bond donors (Lipinski definition) is 3. The lowest BCUT2D eigenvalue weighted by Crippen LogP contribution is -2.46. The highest BCUT2D eigenvalue weighted by atomic mass is 35.5. The predicted octanol–water partition coefficient (Wildman–Crippen LogP) is 1.18. The van der Waals surface area contributed by atoms with Crippen molar-refractivity contribution in [2.75, 3.05) is 12.8 Å². The van der Waals surface area contributed by atoms with Gasteiger partial charge in [-0.15, -0.1) is 11.8 Å². The van der Waals surface area contributed by atoms with Crippen LogP contribution in [0.4, 0.5) is 0 Å². The monoisotopic (exact) mass is 339 g/mol. The van der Waals surface area contributed by atoms with Crippen molar-refractivity contribution >= 4 is 39.4 Å². The van der Waals surface area contributed by atoms with Crippen molar-refractivity contribution in [3.05, 3.63) is 23.2 Å². The molecule has 0 heterocycles. The summed E-state index contributed by atoms with van der Waals surface area (Å²) in [6.07, 6.45) is 1.80. The average molecular weight is 340 g/mol. The molecular formula is C11H14ClNO5S2. The summed E-state index contributed by atoms with van der Waals surface area (Å²) in [6, 6.07) is 4.18. The van der Waals surface area contributed by atoms with Gasteiger partial charge in [-0.3, -0.25) is 0 Å². The van der Waals surface area contributed by atoms with Gasteiger partial charge in [-0.1, -0.05) is 11.6 Å². The number of thioether (sulfide) groups is 1. The van der Waals surface area contributed by atoms with Crippen LogP contribution in [0.15, 0.2) is 28.0 Å². The molecule has 0 spiro atoms. The molecule has 1 aromatic carbocycles. The highest BCUT2D eigenvalue weighted by molar-refractivity contribution is 7.98. The van der Waals surface area contributed by atoms with Crippen LogP contribution in [0.3, 0.4) is 0 Å². The molecule has 0 aromatic heterocycles. The Morgan fingerprint density at radius 2 is 2.10 bits per heavy atom.